The molecule has 9 heteroatoms. The van der Waals surface area contributed by atoms with Gasteiger partial charge in [0.2, 0.25) is 5.76 Å². The summed E-state index contributed by atoms with van der Waals surface area (Å²) in [5.74, 6) is -0.629. The number of methoxy groups -OCH3 is 1. The fourth-order valence-electron chi connectivity index (χ4n) is 2.93. The zero-order chi connectivity index (χ0) is 19.8. The van der Waals surface area contributed by atoms with Crippen LogP contribution in [0.4, 0.5) is 0 Å². The molecule has 0 spiro atoms. The summed E-state index contributed by atoms with van der Waals surface area (Å²) in [7, 11) is 1.56. The number of H-pyrrole nitrogens is 1. The summed E-state index contributed by atoms with van der Waals surface area (Å²) < 4.78 is 11.4. The van der Waals surface area contributed by atoms with Gasteiger partial charge in [-0.05, 0) is 29.8 Å². The predicted octanol–water partition coefficient (Wildman–Crippen LogP) is 2.77. The van der Waals surface area contributed by atoms with E-state index in [9.17, 15) is 14.4 Å². The van der Waals surface area contributed by atoms with Crippen LogP contribution in [-0.4, -0.2) is 27.7 Å². The lowest BCUT2D eigenvalue weighted by molar-refractivity contribution is 0.0660. The Balaban J connectivity index is 1.85. The van der Waals surface area contributed by atoms with Crippen LogP contribution in [0, 0.1) is 0 Å². The molecule has 0 bridgehead atoms. The number of furan rings is 1. The molecule has 0 fully saturated rings. The zero-order valence-electron chi connectivity index (χ0n) is 14.6. The van der Waals surface area contributed by atoms with Gasteiger partial charge < -0.3 is 14.3 Å². The molecule has 3 aromatic heterocycles. The number of aromatic carboxylic acids is 1. The number of carboxylic acids is 1. The molecule has 0 aliphatic carbocycles. The van der Waals surface area contributed by atoms with Crippen molar-refractivity contribution in [3.8, 4) is 16.9 Å². The highest BCUT2D eigenvalue weighted by Crippen LogP contribution is 2.32. The molecule has 0 radical (unpaired) electrons. The van der Waals surface area contributed by atoms with E-state index in [1.165, 1.54) is 23.5 Å². The summed E-state index contributed by atoms with van der Waals surface area (Å²) in [4.78, 5) is 39.6. The Morgan fingerprint density at radius 2 is 2.11 bits per heavy atom. The Labute approximate surface area is 161 Å². The van der Waals surface area contributed by atoms with Gasteiger partial charge in [0.15, 0.2) is 0 Å². The van der Waals surface area contributed by atoms with E-state index in [0.717, 1.165) is 10.1 Å². The van der Waals surface area contributed by atoms with Gasteiger partial charge in [-0.25, -0.2) is 9.59 Å². The van der Waals surface area contributed by atoms with Crippen molar-refractivity contribution in [3.63, 3.8) is 0 Å². The topological polar surface area (TPSA) is 115 Å². The Hall–Kier alpha value is -3.59. The smallest absolute Gasteiger partial charge is 0.371 e. The fourth-order valence-corrected chi connectivity index (χ4v) is 3.89. The molecule has 1 aromatic carbocycles. The second-order valence-electron chi connectivity index (χ2n) is 5.98. The number of hydrogen-bond acceptors (Lipinski definition) is 6. The van der Waals surface area contributed by atoms with Crippen molar-refractivity contribution in [2.75, 3.05) is 7.11 Å². The maximum Gasteiger partial charge on any atom is 0.371 e. The highest BCUT2D eigenvalue weighted by molar-refractivity contribution is 7.17. The molecule has 4 rings (SSSR count). The first-order valence-electron chi connectivity index (χ1n) is 8.18. The molecule has 0 atom stereocenters. The number of nitrogens with one attached hydrogen (secondary N) is 1. The number of aromatic nitrogens is 2. The first-order chi connectivity index (χ1) is 13.5. The number of thiophene rings is 1. The first kappa shape index (κ1) is 17.8. The summed E-state index contributed by atoms with van der Waals surface area (Å²) in [6, 6.07) is 9.98. The monoisotopic (exact) mass is 398 g/mol. The van der Waals surface area contributed by atoms with Crippen molar-refractivity contribution in [2.24, 2.45) is 0 Å². The number of rotatable bonds is 5. The SMILES string of the molecule is COc1cccc(-c2csc3[nH]c(=O)n(Cc4ccc(C(=O)O)o4)c(=O)c23)c1. The third-order valence-corrected chi connectivity index (χ3v) is 5.18. The fraction of sp³-hybridized carbons (Fsp3) is 0.105. The van der Waals surface area contributed by atoms with Crippen LogP contribution in [0.2, 0.25) is 0 Å². The Morgan fingerprint density at radius 3 is 2.82 bits per heavy atom. The summed E-state index contributed by atoms with van der Waals surface area (Å²) >= 11 is 1.26. The zero-order valence-corrected chi connectivity index (χ0v) is 15.4. The highest BCUT2D eigenvalue weighted by atomic mass is 32.1. The standard InChI is InChI=1S/C19H14N2O6S/c1-26-11-4-2-3-10(7-11)13-9-28-16-15(13)17(22)21(19(25)20-16)8-12-5-6-14(27-12)18(23)24/h2-7,9H,8H2,1H3,(H,20,25)(H,23,24). The van der Waals surface area contributed by atoms with Crippen molar-refractivity contribution in [1.29, 1.82) is 0 Å². The largest absolute Gasteiger partial charge is 0.497 e. The maximum absolute atomic E-state index is 13.1. The van der Waals surface area contributed by atoms with Crippen LogP contribution < -0.4 is 16.0 Å². The van der Waals surface area contributed by atoms with Gasteiger partial charge in [-0.1, -0.05) is 12.1 Å². The van der Waals surface area contributed by atoms with Crippen LogP contribution in [0.5, 0.6) is 5.75 Å². The molecule has 0 amide bonds. The Morgan fingerprint density at radius 1 is 1.29 bits per heavy atom. The van der Waals surface area contributed by atoms with Crippen molar-refractivity contribution in [3.05, 3.63) is 74.1 Å². The predicted molar refractivity (Wildman–Crippen MR) is 103 cm³/mol. The number of benzene rings is 1. The van der Waals surface area contributed by atoms with E-state index in [2.05, 4.69) is 4.98 Å². The van der Waals surface area contributed by atoms with E-state index in [-0.39, 0.29) is 18.1 Å². The minimum absolute atomic E-state index is 0.176. The van der Waals surface area contributed by atoms with E-state index in [0.29, 0.717) is 21.5 Å². The van der Waals surface area contributed by atoms with E-state index in [4.69, 9.17) is 14.3 Å². The maximum atomic E-state index is 13.1. The molecule has 2 N–H and O–H groups in total. The average molecular weight is 398 g/mol. The molecule has 28 heavy (non-hydrogen) atoms. The highest BCUT2D eigenvalue weighted by Gasteiger charge is 2.17. The van der Waals surface area contributed by atoms with Crippen molar-refractivity contribution in [2.45, 2.75) is 6.54 Å². The van der Waals surface area contributed by atoms with Crippen LogP contribution >= 0.6 is 11.3 Å². The summed E-state index contributed by atoms with van der Waals surface area (Å²) in [5.41, 5.74) is 0.392. The first-order valence-corrected chi connectivity index (χ1v) is 9.06. The van der Waals surface area contributed by atoms with Crippen molar-refractivity contribution >= 4 is 27.5 Å². The molecular weight excluding hydrogens is 384 g/mol. The molecular formula is C19H14N2O6S. The molecule has 0 saturated carbocycles. The third-order valence-electron chi connectivity index (χ3n) is 4.28. The van der Waals surface area contributed by atoms with Crippen LogP contribution in [0.25, 0.3) is 21.3 Å². The van der Waals surface area contributed by atoms with Crippen molar-refractivity contribution in [1.82, 2.24) is 9.55 Å². The number of hydrogen-bond donors (Lipinski definition) is 2. The number of ether oxygens (including phenoxy) is 1. The van der Waals surface area contributed by atoms with Crippen LogP contribution in [0.1, 0.15) is 16.3 Å². The molecule has 0 unspecified atom stereocenters. The van der Waals surface area contributed by atoms with Gasteiger partial charge in [-0.3, -0.25) is 14.3 Å². The molecule has 0 aliphatic rings. The van der Waals surface area contributed by atoms with Crippen LogP contribution in [0.15, 0.2) is 55.8 Å². The molecule has 3 heterocycles. The number of nitrogens with zero attached hydrogens (tertiary/aromatic N) is 1. The minimum atomic E-state index is -1.22. The van der Waals surface area contributed by atoms with E-state index in [1.807, 2.05) is 18.2 Å². The molecule has 0 saturated heterocycles. The molecule has 142 valence electrons. The van der Waals surface area contributed by atoms with Gasteiger partial charge >= 0.3 is 11.7 Å². The lowest BCUT2D eigenvalue weighted by Gasteiger charge is -2.06. The summed E-state index contributed by atoms with van der Waals surface area (Å²) in [6.07, 6.45) is 0. The molecule has 8 nitrogen and oxygen atoms in total. The number of fused-ring (bicyclic) bond motifs is 1. The van der Waals surface area contributed by atoms with E-state index >= 15 is 0 Å². The van der Waals surface area contributed by atoms with Gasteiger partial charge in [0.25, 0.3) is 5.56 Å². The molecule has 4 aromatic rings. The average Bonchev–Trinajstić information content (AvgIpc) is 3.32. The van der Waals surface area contributed by atoms with Gasteiger partial charge in [0, 0.05) is 10.9 Å². The lowest BCUT2D eigenvalue weighted by Crippen LogP contribution is -2.35. The van der Waals surface area contributed by atoms with Gasteiger partial charge in [-0.2, -0.15) is 0 Å². The quantitative estimate of drug-likeness (QED) is 0.534. The normalized spacial score (nSPS) is 11.0. The Bertz CT molecular complexity index is 1310. The molecule has 0 aliphatic heterocycles. The Kier molecular flexibility index (Phi) is 4.36. The van der Waals surface area contributed by atoms with Crippen LogP contribution in [-0.2, 0) is 6.54 Å². The van der Waals surface area contributed by atoms with E-state index < -0.39 is 17.2 Å². The van der Waals surface area contributed by atoms with Gasteiger partial charge in [-0.15, -0.1) is 11.3 Å². The third kappa shape index (κ3) is 3.01. The number of carbonyl (C=O) groups is 1. The minimum Gasteiger partial charge on any atom is -0.497 e. The van der Waals surface area contributed by atoms with Crippen molar-refractivity contribution < 1.29 is 19.1 Å². The van der Waals surface area contributed by atoms with Gasteiger partial charge in [0.1, 0.15) is 16.3 Å². The number of carboxylic acid groups (broad SMARTS) is 1. The number of aromatic amines is 1. The van der Waals surface area contributed by atoms with E-state index in [1.54, 1.807) is 18.6 Å². The summed E-state index contributed by atoms with van der Waals surface area (Å²) in [5, 5.41) is 11.1. The van der Waals surface area contributed by atoms with Gasteiger partial charge in [0.05, 0.1) is 19.0 Å². The second-order valence-corrected chi connectivity index (χ2v) is 6.86. The second kappa shape index (κ2) is 6.86. The summed E-state index contributed by atoms with van der Waals surface area (Å²) in [6.45, 7) is -0.176. The lowest BCUT2D eigenvalue weighted by atomic mass is 10.1. The van der Waals surface area contributed by atoms with Crippen LogP contribution in [0.3, 0.4) is 0 Å².